The van der Waals surface area contributed by atoms with E-state index < -0.39 is 0 Å². The molecule has 0 radical (unpaired) electrons. The maximum atomic E-state index is 5.42. The number of nitrogens with zero attached hydrogens (tertiary/aromatic N) is 1. The van der Waals surface area contributed by atoms with Gasteiger partial charge in [0.25, 0.3) is 0 Å². The first-order valence-corrected chi connectivity index (χ1v) is 6.25. The molecule has 90 valence electrons. The van der Waals surface area contributed by atoms with Crippen LogP contribution in [0.5, 0.6) is 0 Å². The van der Waals surface area contributed by atoms with Gasteiger partial charge in [-0.15, -0.1) is 0 Å². The SMILES string of the molecule is CN(Cc1ccccc1C#CCN)CC1CC1. The Bertz CT molecular complexity index is 424. The van der Waals surface area contributed by atoms with Crippen molar-refractivity contribution in [2.75, 3.05) is 20.1 Å². The highest BCUT2D eigenvalue weighted by atomic mass is 15.1. The molecule has 1 aliphatic carbocycles. The van der Waals surface area contributed by atoms with Crippen LogP contribution in [0.4, 0.5) is 0 Å². The Labute approximate surface area is 104 Å². The zero-order chi connectivity index (χ0) is 12.1. The molecule has 1 fully saturated rings. The fourth-order valence-corrected chi connectivity index (χ4v) is 2.02. The number of nitrogens with two attached hydrogens (primary N) is 1. The standard InChI is InChI=1S/C15H20N2/c1-17(11-13-8-9-13)12-15-6-3-2-5-14(15)7-4-10-16/h2-3,5-6,13H,8-12,16H2,1H3. The second-order valence-corrected chi connectivity index (χ2v) is 4.80. The summed E-state index contributed by atoms with van der Waals surface area (Å²) in [6.45, 7) is 2.61. The lowest BCUT2D eigenvalue weighted by Gasteiger charge is -2.17. The summed E-state index contributed by atoms with van der Waals surface area (Å²) in [4.78, 5) is 2.39. The molecule has 17 heavy (non-hydrogen) atoms. The molecule has 2 nitrogen and oxygen atoms in total. The molecule has 0 unspecified atom stereocenters. The first-order valence-electron chi connectivity index (χ1n) is 6.25. The number of benzene rings is 1. The molecule has 0 atom stereocenters. The summed E-state index contributed by atoms with van der Waals surface area (Å²) in [5.41, 5.74) is 7.83. The maximum absolute atomic E-state index is 5.42. The monoisotopic (exact) mass is 228 g/mol. The van der Waals surface area contributed by atoms with E-state index in [1.165, 1.54) is 24.9 Å². The third kappa shape index (κ3) is 3.89. The van der Waals surface area contributed by atoms with Gasteiger partial charge < -0.3 is 10.6 Å². The molecule has 2 heteroatoms. The molecule has 1 aromatic rings. The van der Waals surface area contributed by atoms with Gasteiger partial charge in [-0.3, -0.25) is 0 Å². The normalized spacial score (nSPS) is 14.5. The summed E-state index contributed by atoms with van der Waals surface area (Å²) in [6.07, 6.45) is 2.80. The first kappa shape index (κ1) is 12.2. The maximum Gasteiger partial charge on any atom is 0.0555 e. The van der Waals surface area contributed by atoms with Crippen LogP contribution in [0.1, 0.15) is 24.0 Å². The van der Waals surface area contributed by atoms with Crippen molar-refractivity contribution in [3.8, 4) is 11.8 Å². The molecule has 0 saturated heterocycles. The van der Waals surface area contributed by atoms with Crippen LogP contribution in [-0.4, -0.2) is 25.0 Å². The molecular weight excluding hydrogens is 208 g/mol. The average Bonchev–Trinajstić information content (AvgIpc) is 3.11. The Balaban J connectivity index is 2.02. The Morgan fingerprint density at radius 3 is 2.82 bits per heavy atom. The van der Waals surface area contributed by atoms with E-state index in [1.807, 2.05) is 6.07 Å². The third-order valence-corrected chi connectivity index (χ3v) is 3.05. The number of hydrogen-bond acceptors (Lipinski definition) is 2. The predicted molar refractivity (Wildman–Crippen MR) is 71.4 cm³/mol. The third-order valence-electron chi connectivity index (χ3n) is 3.05. The van der Waals surface area contributed by atoms with Crippen molar-refractivity contribution < 1.29 is 0 Å². The van der Waals surface area contributed by atoms with E-state index in [1.54, 1.807) is 0 Å². The molecule has 0 bridgehead atoms. The molecule has 0 aromatic heterocycles. The van der Waals surface area contributed by atoms with Gasteiger partial charge in [-0.1, -0.05) is 30.0 Å². The van der Waals surface area contributed by atoms with Crippen LogP contribution in [0.3, 0.4) is 0 Å². The van der Waals surface area contributed by atoms with Crippen molar-refractivity contribution in [2.45, 2.75) is 19.4 Å². The lowest BCUT2D eigenvalue weighted by atomic mass is 10.1. The summed E-state index contributed by atoms with van der Waals surface area (Å²) in [6, 6.07) is 8.34. The van der Waals surface area contributed by atoms with E-state index >= 15 is 0 Å². The van der Waals surface area contributed by atoms with Crippen LogP contribution in [0, 0.1) is 17.8 Å². The minimum absolute atomic E-state index is 0.423. The quantitative estimate of drug-likeness (QED) is 0.797. The topological polar surface area (TPSA) is 29.3 Å². The molecular formula is C15H20N2. The van der Waals surface area contributed by atoms with Crippen LogP contribution in [0.2, 0.25) is 0 Å². The molecule has 0 heterocycles. The van der Waals surface area contributed by atoms with Gasteiger partial charge in [-0.25, -0.2) is 0 Å². The fraction of sp³-hybridized carbons (Fsp3) is 0.467. The average molecular weight is 228 g/mol. The summed E-state index contributed by atoms with van der Waals surface area (Å²) in [5, 5.41) is 0. The van der Waals surface area contributed by atoms with Gasteiger partial charge in [-0.05, 0) is 37.4 Å². The predicted octanol–water partition coefficient (Wildman–Crippen LogP) is 1.84. The van der Waals surface area contributed by atoms with Crippen molar-refractivity contribution >= 4 is 0 Å². The molecule has 0 amide bonds. The summed E-state index contributed by atoms with van der Waals surface area (Å²) < 4.78 is 0. The van der Waals surface area contributed by atoms with E-state index in [2.05, 4.69) is 42.0 Å². The smallest absolute Gasteiger partial charge is 0.0555 e. The molecule has 1 saturated carbocycles. The molecule has 1 aliphatic rings. The molecule has 0 aliphatic heterocycles. The summed E-state index contributed by atoms with van der Waals surface area (Å²) >= 11 is 0. The van der Waals surface area contributed by atoms with Crippen LogP contribution in [0.15, 0.2) is 24.3 Å². The van der Waals surface area contributed by atoms with Crippen LogP contribution in [0.25, 0.3) is 0 Å². The Hall–Kier alpha value is -1.30. The van der Waals surface area contributed by atoms with Gasteiger partial charge in [0.15, 0.2) is 0 Å². The largest absolute Gasteiger partial charge is 0.320 e. The van der Waals surface area contributed by atoms with Gasteiger partial charge in [0.1, 0.15) is 0 Å². The highest BCUT2D eigenvalue weighted by Crippen LogP contribution is 2.29. The van der Waals surface area contributed by atoms with E-state index in [0.29, 0.717) is 6.54 Å². The zero-order valence-corrected chi connectivity index (χ0v) is 10.4. The molecule has 1 aromatic carbocycles. The summed E-state index contributed by atoms with van der Waals surface area (Å²) in [7, 11) is 2.19. The van der Waals surface area contributed by atoms with E-state index in [0.717, 1.165) is 18.0 Å². The Morgan fingerprint density at radius 1 is 1.35 bits per heavy atom. The lowest BCUT2D eigenvalue weighted by molar-refractivity contribution is 0.313. The first-order chi connectivity index (χ1) is 8.29. The van der Waals surface area contributed by atoms with Crippen molar-refractivity contribution in [3.63, 3.8) is 0 Å². The second-order valence-electron chi connectivity index (χ2n) is 4.80. The van der Waals surface area contributed by atoms with E-state index in [9.17, 15) is 0 Å². The van der Waals surface area contributed by atoms with E-state index in [4.69, 9.17) is 5.73 Å². The van der Waals surface area contributed by atoms with Crippen molar-refractivity contribution in [1.82, 2.24) is 4.90 Å². The Morgan fingerprint density at radius 2 is 2.12 bits per heavy atom. The van der Waals surface area contributed by atoms with Crippen LogP contribution < -0.4 is 5.73 Å². The van der Waals surface area contributed by atoms with Crippen molar-refractivity contribution in [3.05, 3.63) is 35.4 Å². The molecule has 2 N–H and O–H groups in total. The highest BCUT2D eigenvalue weighted by molar-refractivity contribution is 5.41. The zero-order valence-electron chi connectivity index (χ0n) is 10.4. The minimum atomic E-state index is 0.423. The fourth-order valence-electron chi connectivity index (χ4n) is 2.02. The van der Waals surface area contributed by atoms with Gasteiger partial charge in [0.05, 0.1) is 6.54 Å². The second kappa shape index (κ2) is 5.86. The lowest BCUT2D eigenvalue weighted by Crippen LogP contribution is -2.20. The van der Waals surface area contributed by atoms with Gasteiger partial charge in [0.2, 0.25) is 0 Å². The van der Waals surface area contributed by atoms with Crippen molar-refractivity contribution in [1.29, 1.82) is 0 Å². The van der Waals surface area contributed by atoms with Crippen LogP contribution in [-0.2, 0) is 6.54 Å². The number of hydrogen-bond donors (Lipinski definition) is 1. The van der Waals surface area contributed by atoms with Gasteiger partial charge in [0, 0.05) is 18.7 Å². The minimum Gasteiger partial charge on any atom is -0.320 e. The van der Waals surface area contributed by atoms with Crippen LogP contribution >= 0.6 is 0 Å². The number of rotatable bonds is 4. The summed E-state index contributed by atoms with van der Waals surface area (Å²) in [5.74, 6) is 7.01. The Kier molecular flexibility index (Phi) is 4.19. The molecule has 2 rings (SSSR count). The van der Waals surface area contributed by atoms with Crippen molar-refractivity contribution in [2.24, 2.45) is 11.7 Å². The molecule has 0 spiro atoms. The van der Waals surface area contributed by atoms with Gasteiger partial charge in [-0.2, -0.15) is 0 Å². The highest BCUT2D eigenvalue weighted by Gasteiger charge is 2.22. The van der Waals surface area contributed by atoms with Gasteiger partial charge >= 0.3 is 0 Å². The van der Waals surface area contributed by atoms with E-state index in [-0.39, 0.29) is 0 Å².